The Morgan fingerprint density at radius 1 is 0.725 bits per heavy atom. The quantitative estimate of drug-likeness (QED) is 0.126. The van der Waals surface area contributed by atoms with Crippen LogP contribution in [0, 0.1) is 23.7 Å². The van der Waals surface area contributed by atoms with Gasteiger partial charge in [0.05, 0.1) is 126 Å². The van der Waals surface area contributed by atoms with E-state index in [9.17, 15) is 41.5 Å². The molecule has 0 aromatic heterocycles. The monoisotopic (exact) mass is 1170 g/mol. The number of rotatable bonds is 12. The van der Waals surface area contributed by atoms with Crippen LogP contribution in [0.1, 0.15) is 138 Å². The second-order valence-corrected chi connectivity index (χ2v) is 28.5. The van der Waals surface area contributed by atoms with Crippen LogP contribution in [0.4, 0.5) is 0 Å². The number of hydrogen-bond donors (Lipinski definition) is 5. The van der Waals surface area contributed by atoms with E-state index in [1.807, 2.05) is 6.92 Å². The standard InChI is InChI=1S/C56H84O22S2/c1-9-10-30(51(58)59)12-14-52(4,60)32-20-31-21-47-56(8,76-34(31)19-29(32)3)50(57)49-43(73-47)25-42-48(74-49)28(2)11-15-54(6)45(72-42)27-44-55(7,78-54)16-13-33-35(71-44)22-37-36(68-33)23-38-39(69-37)24-41-40(70-38)26-46(77-80(64,65)66)53(5,75-41)17-18-67-79(61,62)63/h9,12,14,28,30-50,57,60H,1,3,10-11,13,15-27H2,2,4-8H3,(H,58,59)(H,61,62,63)(H,64,65,66)/b14-12+/t28-,30+,31+,32-,33-,34-,35+,36+,37-,38-,39+,40+,41-,42-,43+,44-,45+,46-,47-,48+,49+,50+,52+,53+,54-,55+,56-/m0/s1. The summed E-state index contributed by atoms with van der Waals surface area (Å²) in [6.45, 7) is 19.1. The second kappa shape index (κ2) is 21.7. The Bertz CT molecular complexity index is 2600. The second-order valence-electron chi connectivity index (χ2n) is 26.4. The minimum absolute atomic E-state index is 0.00320. The van der Waals surface area contributed by atoms with Gasteiger partial charge in [-0.25, -0.2) is 8.37 Å². The van der Waals surface area contributed by atoms with E-state index in [0.29, 0.717) is 70.6 Å². The summed E-state index contributed by atoms with van der Waals surface area (Å²) in [6.07, 6.45) is 2.70. The third kappa shape index (κ3) is 11.6. The number of allylic oxidation sites excluding steroid dienone is 1. The first kappa shape index (κ1) is 59.7. The van der Waals surface area contributed by atoms with Crippen molar-refractivity contribution in [3.8, 4) is 0 Å². The highest BCUT2D eigenvalue weighted by Crippen LogP contribution is 2.55. The molecular weight excluding hydrogens is 1090 g/mol. The van der Waals surface area contributed by atoms with Crippen molar-refractivity contribution < 1.29 is 102 Å². The van der Waals surface area contributed by atoms with E-state index in [4.69, 9.17) is 56.1 Å². The summed E-state index contributed by atoms with van der Waals surface area (Å²) in [5, 5.41) is 33.9. The lowest BCUT2D eigenvalue weighted by atomic mass is 9.64. The summed E-state index contributed by atoms with van der Waals surface area (Å²) in [7, 11) is -9.75. The molecule has 0 spiro atoms. The summed E-state index contributed by atoms with van der Waals surface area (Å²) in [4.78, 5) is 11.9. The molecule has 0 amide bonds. The van der Waals surface area contributed by atoms with Crippen LogP contribution in [0.2, 0.25) is 0 Å². The number of fused-ring (bicyclic) bond motifs is 10. The van der Waals surface area contributed by atoms with Crippen molar-refractivity contribution in [2.45, 2.75) is 276 Å². The number of aliphatic hydroxyl groups excluding tert-OH is 1. The Labute approximate surface area is 469 Å². The van der Waals surface area contributed by atoms with Gasteiger partial charge in [0.1, 0.15) is 23.9 Å². The number of carboxylic acid groups (broad SMARTS) is 1. The van der Waals surface area contributed by atoms with Crippen molar-refractivity contribution in [2.24, 2.45) is 23.7 Å². The van der Waals surface area contributed by atoms with Gasteiger partial charge in [-0.1, -0.05) is 37.3 Å². The Morgan fingerprint density at radius 2 is 1.30 bits per heavy atom. The molecule has 0 aromatic carbocycles. The molecular formula is C56H84O22S2. The molecule has 0 bridgehead atoms. The Morgan fingerprint density at radius 3 is 1.94 bits per heavy atom. The maximum atomic E-state index is 12.4. The third-order valence-electron chi connectivity index (χ3n) is 20.7. The van der Waals surface area contributed by atoms with Crippen molar-refractivity contribution in [3.05, 3.63) is 37.0 Å². The van der Waals surface area contributed by atoms with Crippen LogP contribution < -0.4 is 0 Å². The first-order valence-corrected chi connectivity index (χ1v) is 31.7. The van der Waals surface area contributed by atoms with E-state index >= 15 is 0 Å². The van der Waals surface area contributed by atoms with E-state index in [1.165, 1.54) is 13.0 Å². The minimum atomic E-state index is -4.95. The van der Waals surface area contributed by atoms with Gasteiger partial charge >= 0.3 is 26.8 Å². The molecule has 80 heavy (non-hydrogen) atoms. The lowest BCUT2D eigenvalue weighted by Gasteiger charge is -2.61. The van der Waals surface area contributed by atoms with E-state index < -0.39 is 122 Å². The molecule has 10 aliphatic heterocycles. The van der Waals surface area contributed by atoms with Gasteiger partial charge < -0.3 is 62.7 Å². The van der Waals surface area contributed by atoms with Crippen molar-refractivity contribution in [1.29, 1.82) is 0 Å². The van der Waals surface area contributed by atoms with Crippen molar-refractivity contribution in [1.82, 2.24) is 0 Å². The molecule has 1 saturated carbocycles. The Hall–Kier alpha value is -2.05. The van der Waals surface area contributed by atoms with Crippen LogP contribution in [0.25, 0.3) is 0 Å². The molecule has 5 N–H and O–H groups in total. The van der Waals surface area contributed by atoms with Gasteiger partial charge in [-0.05, 0) is 97.8 Å². The largest absolute Gasteiger partial charge is 0.481 e. The number of aliphatic hydroxyl groups is 2. The normalized spacial score (nSPS) is 50.4. The maximum Gasteiger partial charge on any atom is 0.397 e. The fourth-order valence-electron chi connectivity index (χ4n) is 16.1. The van der Waals surface area contributed by atoms with E-state index in [2.05, 4.69) is 38.1 Å². The fraction of sp³-hybridized carbons (Fsp3) is 0.875. The average Bonchev–Trinajstić information content (AvgIpc) is 3.67. The molecule has 0 unspecified atom stereocenters. The van der Waals surface area contributed by atoms with Crippen LogP contribution >= 0.6 is 0 Å². The molecule has 11 rings (SSSR count). The number of carboxylic acids is 1. The molecule has 1 aliphatic carbocycles. The summed E-state index contributed by atoms with van der Waals surface area (Å²) in [5.41, 5.74) is -4.41. The van der Waals surface area contributed by atoms with Gasteiger partial charge in [0.2, 0.25) is 0 Å². The minimum Gasteiger partial charge on any atom is -0.481 e. The first-order valence-electron chi connectivity index (χ1n) is 29.0. The van der Waals surface area contributed by atoms with Gasteiger partial charge in [0.15, 0.2) is 0 Å². The number of aliphatic carboxylic acids is 1. The van der Waals surface area contributed by atoms with Gasteiger partial charge in [0, 0.05) is 50.9 Å². The summed E-state index contributed by atoms with van der Waals surface area (Å²) >= 11 is 0. The number of carbonyl (C=O) groups is 1. The lowest BCUT2D eigenvalue weighted by Crippen LogP contribution is -2.73. The number of hydrogen-bond acceptors (Lipinski definition) is 19. The molecule has 24 heteroatoms. The lowest BCUT2D eigenvalue weighted by molar-refractivity contribution is -0.363. The molecule has 0 aromatic rings. The zero-order valence-electron chi connectivity index (χ0n) is 46.7. The smallest absolute Gasteiger partial charge is 0.397 e. The Balaban J connectivity index is 0.747. The number of ether oxygens (including phenoxy) is 10. The average molecular weight is 1170 g/mol. The Kier molecular flexibility index (Phi) is 16.2. The predicted octanol–water partition coefficient (Wildman–Crippen LogP) is 5.07. The van der Waals surface area contributed by atoms with Gasteiger partial charge in [-0.15, -0.1) is 6.58 Å². The van der Waals surface area contributed by atoms with Crippen LogP contribution in [0.15, 0.2) is 37.0 Å². The molecule has 22 nitrogen and oxygen atoms in total. The summed E-state index contributed by atoms with van der Waals surface area (Å²) in [5.74, 6) is -2.12. The van der Waals surface area contributed by atoms with Gasteiger partial charge in [0.25, 0.3) is 0 Å². The van der Waals surface area contributed by atoms with E-state index in [0.717, 1.165) is 12.0 Å². The van der Waals surface area contributed by atoms with Gasteiger partial charge in [-0.2, -0.15) is 16.8 Å². The molecule has 11 fully saturated rings. The summed E-state index contributed by atoms with van der Waals surface area (Å²) in [6, 6.07) is 0. The topological polar surface area (TPSA) is 297 Å². The SMILES string of the molecule is C=CC[C@H](/C=C/[C@@](C)(O)[C@H]1C[C@@H]2C[C@@H]3O[C@@H]4C[C@@H]5O[C@@H]6C[C@@H]7O[C@@H]8C[C@@H]9O[C@@H]%10C[C@@H]%11O[C@](C)(CCOS(=O)(=O)O)[C@@H](OS(=O)(=O)O)C[C@H]%11O[C@H]%10C[C@H]9O[C@H]8CC[C@@]7(C)O[C@@]6(C)CC[C@H](C)[C@H]5O[C@H]4[C@@H](O)[C@@]3(C)O[C@H]2CC1=C)C(=O)O. The van der Waals surface area contributed by atoms with Gasteiger partial charge in [-0.3, -0.25) is 13.9 Å². The molecule has 0 radical (unpaired) electrons. The van der Waals surface area contributed by atoms with Crippen LogP contribution in [0.3, 0.4) is 0 Å². The van der Waals surface area contributed by atoms with Crippen molar-refractivity contribution in [2.75, 3.05) is 6.61 Å². The van der Waals surface area contributed by atoms with E-state index in [-0.39, 0.29) is 92.0 Å². The van der Waals surface area contributed by atoms with Crippen LogP contribution in [-0.2, 0) is 81.3 Å². The van der Waals surface area contributed by atoms with Crippen LogP contribution in [-0.4, -0.2) is 192 Å². The maximum absolute atomic E-state index is 12.4. The first-order chi connectivity index (χ1) is 37.4. The third-order valence-corrected chi connectivity index (χ3v) is 21.6. The molecule has 452 valence electrons. The fourth-order valence-corrected chi connectivity index (χ4v) is 17.0. The molecule has 10 saturated heterocycles. The molecule has 11 aliphatic rings. The van der Waals surface area contributed by atoms with E-state index in [1.54, 1.807) is 19.1 Å². The van der Waals surface area contributed by atoms with Crippen molar-refractivity contribution in [3.63, 3.8) is 0 Å². The zero-order chi connectivity index (χ0) is 57.3. The zero-order valence-corrected chi connectivity index (χ0v) is 48.3. The molecule has 27 atom stereocenters. The predicted molar refractivity (Wildman–Crippen MR) is 281 cm³/mol. The van der Waals surface area contributed by atoms with Crippen molar-refractivity contribution >= 4 is 26.8 Å². The molecule has 10 heterocycles. The highest BCUT2D eigenvalue weighted by atomic mass is 32.3. The highest BCUT2D eigenvalue weighted by molar-refractivity contribution is 7.81. The highest BCUT2D eigenvalue weighted by Gasteiger charge is 2.65. The summed E-state index contributed by atoms with van der Waals surface area (Å²) < 4.78 is 144. The van der Waals surface area contributed by atoms with Crippen LogP contribution in [0.5, 0.6) is 0 Å².